The summed E-state index contributed by atoms with van der Waals surface area (Å²) in [5, 5.41) is 12.3. The molecule has 0 aromatic heterocycles. The number of aliphatic hydroxyl groups is 1. The molecule has 2 aromatic carbocycles. The van der Waals surface area contributed by atoms with Crippen molar-refractivity contribution in [2.24, 2.45) is 5.41 Å². The molecule has 0 saturated carbocycles. The number of halogens is 3. The molecule has 0 spiro atoms. The molecule has 1 fully saturated rings. The number of carbonyl (C=O) groups excluding carboxylic acids is 1. The summed E-state index contributed by atoms with van der Waals surface area (Å²) in [6.07, 6.45) is -2.52. The fourth-order valence-electron chi connectivity index (χ4n) is 5.50. The highest BCUT2D eigenvalue weighted by molar-refractivity contribution is 5.73. The summed E-state index contributed by atoms with van der Waals surface area (Å²) in [6, 6.07) is 13.1. The van der Waals surface area contributed by atoms with Crippen LogP contribution < -0.4 is 4.74 Å². The second-order valence-corrected chi connectivity index (χ2v) is 11.5. The summed E-state index contributed by atoms with van der Waals surface area (Å²) in [7, 11) is 1.96. The lowest BCUT2D eigenvalue weighted by molar-refractivity contribution is -0.274. The molecule has 0 aliphatic carbocycles. The normalized spacial score (nSPS) is 19.7. The molecule has 1 unspecified atom stereocenters. The Labute approximate surface area is 221 Å². The molecule has 2 aliphatic rings. The van der Waals surface area contributed by atoms with Gasteiger partial charge in [-0.15, -0.1) is 13.2 Å². The number of rotatable bonds is 5. The average molecular weight is 533 g/mol. The van der Waals surface area contributed by atoms with Crippen molar-refractivity contribution in [2.75, 3.05) is 33.2 Å². The smallest absolute Gasteiger partial charge is 0.444 e. The number of hydrogen-bond acceptors (Lipinski definition) is 5. The first-order valence-corrected chi connectivity index (χ1v) is 12.6. The van der Waals surface area contributed by atoms with Gasteiger partial charge in [0.1, 0.15) is 17.0 Å². The van der Waals surface area contributed by atoms with Crippen LogP contribution in [0.25, 0.3) is 5.57 Å². The third-order valence-corrected chi connectivity index (χ3v) is 7.13. The van der Waals surface area contributed by atoms with Crippen molar-refractivity contribution in [2.45, 2.75) is 51.7 Å². The monoisotopic (exact) mass is 532 g/mol. The number of ether oxygens (including phenoxy) is 2. The van der Waals surface area contributed by atoms with E-state index >= 15 is 0 Å². The maximum Gasteiger partial charge on any atom is 0.573 e. The lowest BCUT2D eigenvalue weighted by Gasteiger charge is -2.56. The quantitative estimate of drug-likeness (QED) is 0.528. The van der Waals surface area contributed by atoms with Crippen molar-refractivity contribution in [1.29, 1.82) is 0 Å². The van der Waals surface area contributed by atoms with Gasteiger partial charge < -0.3 is 24.4 Å². The number of likely N-dealkylation sites (tertiary alicyclic amines) is 1. The van der Waals surface area contributed by atoms with E-state index in [0.717, 1.165) is 11.1 Å². The van der Waals surface area contributed by atoms with Crippen molar-refractivity contribution in [3.05, 3.63) is 71.3 Å². The van der Waals surface area contributed by atoms with Crippen molar-refractivity contribution in [3.8, 4) is 5.75 Å². The second-order valence-electron chi connectivity index (χ2n) is 11.5. The van der Waals surface area contributed by atoms with Crippen LogP contribution in [0.1, 0.15) is 50.8 Å². The molecule has 4 rings (SSSR count). The maximum absolute atomic E-state index is 12.7. The number of nitrogens with zero attached hydrogens (tertiary/aromatic N) is 2. The minimum absolute atomic E-state index is 0.338. The minimum atomic E-state index is -4.79. The van der Waals surface area contributed by atoms with E-state index in [-0.39, 0.29) is 11.8 Å². The predicted molar refractivity (Wildman–Crippen MR) is 139 cm³/mol. The molecule has 0 bridgehead atoms. The Kier molecular flexibility index (Phi) is 7.31. The van der Waals surface area contributed by atoms with Gasteiger partial charge >= 0.3 is 12.5 Å². The van der Waals surface area contributed by atoms with Crippen LogP contribution in [-0.2, 0) is 10.3 Å². The highest BCUT2D eigenvalue weighted by Crippen LogP contribution is 2.50. The first-order chi connectivity index (χ1) is 17.6. The van der Waals surface area contributed by atoms with Crippen molar-refractivity contribution >= 4 is 11.7 Å². The van der Waals surface area contributed by atoms with Crippen molar-refractivity contribution in [3.63, 3.8) is 0 Å². The van der Waals surface area contributed by atoms with E-state index in [0.29, 0.717) is 43.7 Å². The molecule has 9 heteroatoms. The van der Waals surface area contributed by atoms with Crippen LogP contribution in [0.5, 0.6) is 5.75 Å². The Morgan fingerprint density at radius 3 is 2.21 bits per heavy atom. The predicted octanol–water partition coefficient (Wildman–Crippen LogP) is 5.80. The highest BCUT2D eigenvalue weighted by Gasteiger charge is 2.55. The van der Waals surface area contributed by atoms with Crippen LogP contribution in [0.3, 0.4) is 0 Å². The Morgan fingerprint density at radius 2 is 1.68 bits per heavy atom. The lowest BCUT2D eigenvalue weighted by atomic mass is 9.62. The summed E-state index contributed by atoms with van der Waals surface area (Å²) in [4.78, 5) is 16.2. The summed E-state index contributed by atoms with van der Waals surface area (Å²) < 4.78 is 47.6. The Morgan fingerprint density at radius 1 is 1.03 bits per heavy atom. The van der Waals surface area contributed by atoms with Crippen molar-refractivity contribution < 1.29 is 32.5 Å². The van der Waals surface area contributed by atoms with Gasteiger partial charge in [-0.25, -0.2) is 4.79 Å². The standard InChI is InChI=1S/C29H35F3N2O4/c1-26(2,3)38-25(35)34-15-13-20(14-16-34)21-7-6-8-23(17-21)28(36,27(4)18-33(5)19-27)22-9-11-24(12-10-22)37-29(30,31)32/h6-13,17,36H,14-16,18-19H2,1-5H3. The van der Waals surface area contributed by atoms with Crippen LogP contribution in [0.15, 0.2) is 54.6 Å². The van der Waals surface area contributed by atoms with E-state index in [1.54, 1.807) is 4.90 Å². The second kappa shape index (κ2) is 9.93. The molecule has 1 atom stereocenters. The van der Waals surface area contributed by atoms with Crippen LogP contribution in [0.4, 0.5) is 18.0 Å². The van der Waals surface area contributed by atoms with E-state index in [9.17, 15) is 23.1 Å². The Balaban J connectivity index is 1.64. The van der Waals surface area contributed by atoms with E-state index in [1.165, 1.54) is 24.3 Å². The summed E-state index contributed by atoms with van der Waals surface area (Å²) in [5.74, 6) is -0.338. The molecule has 1 amide bonds. The largest absolute Gasteiger partial charge is 0.573 e. The van der Waals surface area contributed by atoms with Crippen LogP contribution in [0, 0.1) is 5.41 Å². The fourth-order valence-corrected chi connectivity index (χ4v) is 5.50. The zero-order chi connectivity index (χ0) is 27.9. The van der Waals surface area contributed by atoms with E-state index in [1.807, 2.05) is 65.1 Å². The molecule has 2 aliphatic heterocycles. The zero-order valence-corrected chi connectivity index (χ0v) is 22.4. The SMILES string of the molecule is CN1CC(C)(C(O)(c2ccc(OC(F)(F)F)cc2)c2cccc(C3=CCN(C(=O)OC(C)(C)C)CC3)c2)C1. The van der Waals surface area contributed by atoms with Gasteiger partial charge in [-0.3, -0.25) is 0 Å². The third kappa shape index (κ3) is 5.83. The topological polar surface area (TPSA) is 62.2 Å². The van der Waals surface area contributed by atoms with Crippen LogP contribution in [-0.4, -0.2) is 66.2 Å². The molecular weight excluding hydrogens is 497 g/mol. The molecule has 1 N–H and O–H groups in total. The van der Waals surface area contributed by atoms with Crippen LogP contribution >= 0.6 is 0 Å². The summed E-state index contributed by atoms with van der Waals surface area (Å²) in [5.41, 5.74) is 0.546. The minimum Gasteiger partial charge on any atom is -0.444 e. The number of alkyl halides is 3. The summed E-state index contributed by atoms with van der Waals surface area (Å²) >= 11 is 0. The van der Waals surface area contributed by atoms with Gasteiger partial charge in [0, 0.05) is 31.6 Å². The van der Waals surface area contributed by atoms with Gasteiger partial charge in [0.05, 0.1) is 0 Å². The number of carbonyl (C=O) groups is 1. The van der Waals surface area contributed by atoms with Gasteiger partial charge in [-0.05, 0) is 74.7 Å². The average Bonchev–Trinajstić information content (AvgIpc) is 2.81. The highest BCUT2D eigenvalue weighted by atomic mass is 19.4. The van der Waals surface area contributed by atoms with Gasteiger partial charge in [0.15, 0.2) is 0 Å². The van der Waals surface area contributed by atoms with Gasteiger partial charge in [-0.2, -0.15) is 0 Å². The van der Waals surface area contributed by atoms with E-state index in [4.69, 9.17) is 4.74 Å². The van der Waals surface area contributed by atoms with Crippen LogP contribution in [0.2, 0.25) is 0 Å². The first kappa shape index (κ1) is 28.0. The van der Waals surface area contributed by atoms with Gasteiger partial charge in [0.25, 0.3) is 0 Å². The number of hydrogen-bond donors (Lipinski definition) is 1. The zero-order valence-electron chi connectivity index (χ0n) is 22.4. The molecule has 38 heavy (non-hydrogen) atoms. The first-order valence-electron chi connectivity index (χ1n) is 12.6. The van der Waals surface area contributed by atoms with E-state index in [2.05, 4.69) is 9.64 Å². The molecule has 0 radical (unpaired) electrons. The maximum atomic E-state index is 12.7. The van der Waals surface area contributed by atoms with Crippen molar-refractivity contribution in [1.82, 2.24) is 9.80 Å². The van der Waals surface area contributed by atoms with Gasteiger partial charge in [-0.1, -0.05) is 43.3 Å². The lowest BCUT2D eigenvalue weighted by Crippen LogP contribution is -2.63. The number of benzene rings is 2. The molecule has 2 heterocycles. The molecule has 6 nitrogen and oxygen atoms in total. The Bertz CT molecular complexity index is 1200. The molecule has 206 valence electrons. The number of amides is 1. The Hall–Kier alpha value is -3.04. The van der Waals surface area contributed by atoms with E-state index < -0.39 is 23.0 Å². The molecule has 1 saturated heterocycles. The fraction of sp³-hybridized carbons (Fsp3) is 0.483. The molecule has 2 aromatic rings. The summed E-state index contributed by atoms with van der Waals surface area (Å²) in [6.45, 7) is 9.64. The molecular formula is C29H35F3N2O4. The third-order valence-electron chi connectivity index (χ3n) is 7.13. The van der Waals surface area contributed by atoms with Gasteiger partial charge in [0.2, 0.25) is 0 Å².